The number of nitrogens with zero attached hydrogens (tertiary/aromatic N) is 7. The number of pyridine rings is 1. The van der Waals surface area contributed by atoms with Crippen LogP contribution in [0.1, 0.15) is 79.0 Å². The molecule has 3 aliphatic rings. The number of hydrazone groups is 1. The number of hydrogen-bond donors (Lipinski definition) is 3. The van der Waals surface area contributed by atoms with E-state index in [1.54, 1.807) is 42.1 Å². The van der Waals surface area contributed by atoms with Crippen molar-refractivity contribution in [2.45, 2.75) is 82.5 Å². The highest BCUT2D eigenvalue weighted by molar-refractivity contribution is 6.30. The van der Waals surface area contributed by atoms with E-state index in [1.807, 2.05) is 42.6 Å². The molecule has 0 aliphatic carbocycles. The Morgan fingerprint density at radius 1 is 1.00 bits per heavy atom. The molecule has 2 aromatic carbocycles. The molecule has 2 amide bonds. The summed E-state index contributed by atoms with van der Waals surface area (Å²) in [5, 5.41) is 16.3. The molecule has 2 bridgehead atoms. The maximum absolute atomic E-state index is 13.1. The maximum Gasteiger partial charge on any atom is 0.329 e. The van der Waals surface area contributed by atoms with E-state index in [2.05, 4.69) is 25.2 Å². The molecule has 0 radical (unpaired) electrons. The second kappa shape index (κ2) is 16.5. The number of imide groups is 1. The average Bonchev–Trinajstić information content (AvgIpc) is 3.86. The van der Waals surface area contributed by atoms with Crippen LogP contribution < -0.4 is 21.7 Å². The minimum absolute atomic E-state index is 0.0108. The van der Waals surface area contributed by atoms with E-state index in [0.29, 0.717) is 30.1 Å². The number of anilines is 1. The lowest BCUT2D eigenvalue weighted by molar-refractivity contribution is -0.135. The molecule has 14 nitrogen and oxygen atoms in total. The minimum atomic E-state index is -0.688. The number of para-hydroxylation sites is 1. The second-order valence-electron chi connectivity index (χ2n) is 14.6. The lowest BCUT2D eigenvalue weighted by Crippen LogP contribution is -2.44. The van der Waals surface area contributed by atoms with Gasteiger partial charge in [-0.05, 0) is 80.5 Å². The highest BCUT2D eigenvalue weighted by atomic mass is 16.3. The molecule has 0 spiro atoms. The van der Waals surface area contributed by atoms with Crippen LogP contribution in [-0.4, -0.2) is 78.8 Å². The number of amides is 2. The van der Waals surface area contributed by atoms with Crippen LogP contribution >= 0.6 is 0 Å². The number of piperazine rings is 1. The number of aromatic nitrogens is 3. The van der Waals surface area contributed by atoms with E-state index in [-0.39, 0.29) is 35.6 Å². The molecule has 3 fully saturated rings. The van der Waals surface area contributed by atoms with Crippen LogP contribution in [0.2, 0.25) is 0 Å². The summed E-state index contributed by atoms with van der Waals surface area (Å²) in [7, 11) is 1.71. The number of phenols is 1. The first kappa shape index (κ1) is 37.3. The fraction of sp³-hybridized carbons (Fsp3) is 0.390. The molecule has 1 unspecified atom stereocenters. The van der Waals surface area contributed by atoms with Crippen LogP contribution in [0, 0.1) is 0 Å². The molecule has 14 heteroatoms. The number of likely N-dealkylation sites (tertiary alicyclic amines) is 1. The van der Waals surface area contributed by atoms with E-state index >= 15 is 0 Å². The number of piperidine rings is 1. The van der Waals surface area contributed by atoms with Crippen LogP contribution in [0.25, 0.3) is 11.0 Å². The summed E-state index contributed by atoms with van der Waals surface area (Å²) in [6, 6.07) is 18.4. The van der Waals surface area contributed by atoms with Crippen LogP contribution in [-0.2, 0) is 29.6 Å². The van der Waals surface area contributed by atoms with Crippen molar-refractivity contribution in [2.24, 2.45) is 23.0 Å². The first-order chi connectivity index (χ1) is 26.7. The molecule has 3 aliphatic heterocycles. The summed E-state index contributed by atoms with van der Waals surface area (Å²) in [6.07, 6.45) is 12.2. The third-order valence-corrected chi connectivity index (χ3v) is 10.9. The smallest absolute Gasteiger partial charge is 0.329 e. The predicted molar refractivity (Wildman–Crippen MR) is 211 cm³/mol. The largest absolute Gasteiger partial charge is 0.507 e. The number of fused-ring (bicyclic) bond motifs is 3. The number of carbonyl (C=O) groups excluding carboxylic acids is 3. The van der Waals surface area contributed by atoms with E-state index in [4.69, 9.17) is 10.8 Å². The van der Waals surface area contributed by atoms with Gasteiger partial charge in [0.25, 0.3) is 0 Å². The number of aryl methyl sites for hydroxylation is 2. The number of unbranched alkanes of at least 4 members (excludes halogenated alkanes) is 3. The first-order valence-corrected chi connectivity index (χ1v) is 19.0. The van der Waals surface area contributed by atoms with E-state index in [1.165, 1.54) is 10.6 Å². The van der Waals surface area contributed by atoms with Gasteiger partial charge in [-0.25, -0.2) is 9.78 Å². The van der Waals surface area contributed by atoms with Crippen molar-refractivity contribution in [3.05, 3.63) is 100 Å². The summed E-state index contributed by atoms with van der Waals surface area (Å²) in [4.78, 5) is 63.8. The number of rotatable bonds is 15. The molecular weight excluding hydrogens is 699 g/mol. The number of nitrogens with one attached hydrogen (secondary N) is 1. The molecule has 2 aromatic heterocycles. The molecule has 5 heterocycles. The topological polar surface area (TPSA) is 181 Å². The van der Waals surface area contributed by atoms with Gasteiger partial charge in [0.15, 0.2) is 5.78 Å². The molecule has 3 atom stereocenters. The monoisotopic (exact) mass is 745 g/mol. The molecule has 4 N–H and O–H groups in total. The summed E-state index contributed by atoms with van der Waals surface area (Å²) >= 11 is 0. The summed E-state index contributed by atoms with van der Waals surface area (Å²) < 4.78 is 3.08. The summed E-state index contributed by atoms with van der Waals surface area (Å²) in [6.45, 7) is 2.04. The fourth-order valence-electron chi connectivity index (χ4n) is 8.00. The Morgan fingerprint density at radius 2 is 1.84 bits per heavy atom. The van der Waals surface area contributed by atoms with Gasteiger partial charge in [0.2, 0.25) is 11.8 Å². The Kier molecular flexibility index (Phi) is 11.2. The molecule has 0 saturated carbocycles. The first-order valence-electron chi connectivity index (χ1n) is 19.0. The van der Waals surface area contributed by atoms with Crippen molar-refractivity contribution in [2.75, 3.05) is 18.0 Å². The average molecular weight is 746 g/mol. The number of carbonyl (C=O) groups is 3. The third kappa shape index (κ3) is 8.22. The van der Waals surface area contributed by atoms with Crippen molar-refractivity contribution in [1.82, 2.24) is 24.3 Å². The Balaban J connectivity index is 0.835. The van der Waals surface area contributed by atoms with Crippen LogP contribution in [0.15, 0.2) is 87.8 Å². The number of aromatic hydroxyl groups is 1. The zero-order chi connectivity index (χ0) is 38.5. The van der Waals surface area contributed by atoms with Gasteiger partial charge < -0.3 is 20.7 Å². The standard InChI is InChI=1S/C41H47N9O5/c1-47-35-21-27(15-16-33(35)50(41(47)55)34-17-18-39(53)45-40(34)54)9-4-2-3-5-10-29(46-42)24-43-23-28-11-8-14-38(44-28)49-26-30-22-31(49)25-48(30)20-19-37(52)32-12-6-7-13-36(32)51/h6-8,11-16,19-21,24,30-31,34,51H,2-5,9-10,17-18,22-23,25-26,42H2,1H3,(H,45,53,54)/b20-19+,43-24?,46-29-/t30-,31-,34?/m1/s1. The third-order valence-electron chi connectivity index (χ3n) is 10.9. The molecule has 55 heavy (non-hydrogen) atoms. The van der Waals surface area contributed by atoms with E-state index in [9.17, 15) is 24.3 Å². The lowest BCUT2D eigenvalue weighted by Gasteiger charge is -2.34. The zero-order valence-corrected chi connectivity index (χ0v) is 31.0. The van der Waals surface area contributed by atoms with Crippen molar-refractivity contribution in [3.8, 4) is 5.75 Å². The van der Waals surface area contributed by atoms with Gasteiger partial charge >= 0.3 is 5.69 Å². The van der Waals surface area contributed by atoms with Crippen molar-refractivity contribution in [1.29, 1.82) is 0 Å². The Labute approximate surface area is 319 Å². The Morgan fingerprint density at radius 3 is 2.62 bits per heavy atom. The highest BCUT2D eigenvalue weighted by Crippen LogP contribution is 2.34. The van der Waals surface area contributed by atoms with Gasteiger partial charge in [-0.1, -0.05) is 37.1 Å². The van der Waals surface area contributed by atoms with Crippen molar-refractivity contribution in [3.63, 3.8) is 0 Å². The number of imidazole rings is 1. The molecule has 7 rings (SSSR count). The Hall–Kier alpha value is -6.05. The number of allylic oxidation sites excluding steroid dienone is 1. The molecule has 286 valence electrons. The number of aliphatic imine (C=N–C) groups is 1. The fourth-order valence-corrected chi connectivity index (χ4v) is 8.00. The SMILES string of the molecule is Cn1c(=O)n(C2CCC(=O)NC2=O)c2ccc(CCCCCC/C(C=NCc3cccc(N4C[C@H]5C[C@@H]4CN5/C=C/C(=O)c4ccccc4O)n3)=N/N)cc21. The van der Waals surface area contributed by atoms with Gasteiger partial charge in [0.05, 0.1) is 34.5 Å². The summed E-state index contributed by atoms with van der Waals surface area (Å²) in [5.41, 5.74) is 4.25. The molecule has 4 aromatic rings. The van der Waals surface area contributed by atoms with Crippen LogP contribution in [0.5, 0.6) is 5.75 Å². The van der Waals surface area contributed by atoms with Crippen LogP contribution in [0.3, 0.4) is 0 Å². The van der Waals surface area contributed by atoms with Crippen molar-refractivity contribution >= 4 is 46.4 Å². The number of nitrogens with two attached hydrogens (primary N) is 1. The molecule has 3 saturated heterocycles. The zero-order valence-electron chi connectivity index (χ0n) is 31.0. The van der Waals surface area contributed by atoms with Crippen molar-refractivity contribution < 1.29 is 19.5 Å². The number of phenolic OH excluding ortho intramolecular Hbond substituents is 1. The lowest BCUT2D eigenvalue weighted by atomic mass is 10.0. The quantitative estimate of drug-likeness (QED) is 0.0306. The molecular formula is C41H47N9O5. The highest BCUT2D eigenvalue weighted by Gasteiger charge is 2.42. The predicted octanol–water partition coefficient (Wildman–Crippen LogP) is 4.16. The second-order valence-corrected chi connectivity index (χ2v) is 14.6. The Bertz CT molecular complexity index is 2240. The normalized spacial score (nSPS) is 20.1. The van der Waals surface area contributed by atoms with E-state index < -0.39 is 11.9 Å². The number of hydrogen-bond acceptors (Lipinski definition) is 11. The maximum atomic E-state index is 13.1. The van der Waals surface area contributed by atoms with Gasteiger partial charge in [-0.15, -0.1) is 0 Å². The minimum Gasteiger partial charge on any atom is -0.507 e. The van der Waals surface area contributed by atoms with Gasteiger partial charge in [-0.2, -0.15) is 5.10 Å². The summed E-state index contributed by atoms with van der Waals surface area (Å²) in [5.74, 6) is 5.67. The van der Waals surface area contributed by atoms with Gasteiger partial charge in [0, 0.05) is 57.1 Å². The number of benzene rings is 2. The van der Waals surface area contributed by atoms with Gasteiger partial charge in [0.1, 0.15) is 17.6 Å². The van der Waals surface area contributed by atoms with Crippen LogP contribution in [0.4, 0.5) is 5.82 Å². The van der Waals surface area contributed by atoms with Gasteiger partial charge in [-0.3, -0.25) is 33.8 Å². The van der Waals surface area contributed by atoms with E-state index in [0.717, 1.165) is 86.3 Å². The number of ketones is 1.